The number of hydrogen-bond donors (Lipinski definition) is 0. The maximum atomic E-state index is 14.3. The topological polar surface area (TPSA) is 17.1 Å². The maximum Gasteiger partial charge on any atom is 0.172 e. The first-order valence-electron chi connectivity index (χ1n) is 7.53. The Bertz CT molecular complexity index is 801. The van der Waals surface area contributed by atoms with E-state index in [1.54, 1.807) is 11.8 Å². The van der Waals surface area contributed by atoms with Crippen LogP contribution in [0.5, 0.6) is 0 Å². The number of benzene rings is 3. The highest BCUT2D eigenvalue weighted by Crippen LogP contribution is 2.44. The van der Waals surface area contributed by atoms with Crippen LogP contribution in [0, 0.1) is 6.92 Å². The summed E-state index contributed by atoms with van der Waals surface area (Å²) >= 11 is 1.65. The van der Waals surface area contributed by atoms with Crippen molar-refractivity contribution in [3.8, 4) is 0 Å². The Morgan fingerprint density at radius 3 is 1.78 bits per heavy atom. The lowest BCUT2D eigenvalue weighted by atomic mass is 10.2. The van der Waals surface area contributed by atoms with E-state index >= 15 is 0 Å². The molecule has 0 atom stereocenters. The van der Waals surface area contributed by atoms with Gasteiger partial charge in [-0.2, -0.15) is 0 Å². The minimum atomic E-state index is -2.87. The molecule has 0 saturated carbocycles. The minimum absolute atomic E-state index is 0.880. The zero-order chi connectivity index (χ0) is 16.3. The van der Waals surface area contributed by atoms with Crippen molar-refractivity contribution in [2.24, 2.45) is 0 Å². The highest BCUT2D eigenvalue weighted by molar-refractivity contribution is 7.99. The monoisotopic (exact) mass is 338 g/mol. The van der Waals surface area contributed by atoms with Gasteiger partial charge in [0.05, 0.1) is 0 Å². The summed E-state index contributed by atoms with van der Waals surface area (Å²) in [5.41, 5.74) is 1.19. The van der Waals surface area contributed by atoms with Crippen LogP contribution in [0.4, 0.5) is 0 Å². The molecule has 0 fully saturated rings. The summed E-state index contributed by atoms with van der Waals surface area (Å²) in [6, 6.07) is 25.8. The summed E-state index contributed by atoms with van der Waals surface area (Å²) < 4.78 is 14.3. The molecule has 3 rings (SSSR count). The fourth-order valence-corrected chi connectivity index (χ4v) is 6.69. The Morgan fingerprint density at radius 1 is 0.783 bits per heavy atom. The van der Waals surface area contributed by atoms with E-state index in [9.17, 15) is 4.57 Å². The summed E-state index contributed by atoms with van der Waals surface area (Å²) in [6.07, 6.45) is 2.04. The number of hydrogen-bond acceptors (Lipinski definition) is 2. The summed E-state index contributed by atoms with van der Waals surface area (Å²) in [6.45, 7) is 2.07. The summed E-state index contributed by atoms with van der Waals surface area (Å²) in [4.78, 5) is 1.08. The molecule has 0 heterocycles. The van der Waals surface area contributed by atoms with Gasteiger partial charge in [-0.15, -0.1) is 11.8 Å². The summed E-state index contributed by atoms with van der Waals surface area (Å²) in [5.74, 6) is 0. The molecule has 0 bridgehead atoms. The van der Waals surface area contributed by atoms with Gasteiger partial charge in [0.1, 0.15) is 0 Å². The van der Waals surface area contributed by atoms with Crippen LogP contribution in [0.2, 0.25) is 0 Å². The third kappa shape index (κ3) is 3.02. The first kappa shape index (κ1) is 16.1. The third-order valence-corrected chi connectivity index (χ3v) is 7.96. The second-order valence-corrected chi connectivity index (χ2v) is 9.04. The fraction of sp³-hybridized carbons (Fsp3) is 0.100. The van der Waals surface area contributed by atoms with Crippen molar-refractivity contribution in [2.75, 3.05) is 6.26 Å². The molecule has 3 aromatic rings. The van der Waals surface area contributed by atoms with Crippen molar-refractivity contribution < 1.29 is 4.57 Å². The van der Waals surface area contributed by atoms with Crippen LogP contribution in [0.25, 0.3) is 0 Å². The second kappa shape index (κ2) is 6.78. The lowest BCUT2D eigenvalue weighted by Crippen LogP contribution is -2.26. The number of rotatable bonds is 4. The molecule has 0 saturated heterocycles. The van der Waals surface area contributed by atoms with Gasteiger partial charge in [0.25, 0.3) is 0 Å². The molecule has 0 N–H and O–H groups in total. The van der Waals surface area contributed by atoms with Crippen molar-refractivity contribution in [1.82, 2.24) is 0 Å². The van der Waals surface area contributed by atoms with E-state index in [4.69, 9.17) is 0 Å². The van der Waals surface area contributed by atoms with Crippen LogP contribution in [0.1, 0.15) is 5.56 Å². The predicted molar refractivity (Wildman–Crippen MR) is 102 cm³/mol. The van der Waals surface area contributed by atoms with Gasteiger partial charge < -0.3 is 4.57 Å². The molecule has 0 aliphatic carbocycles. The molecule has 3 aromatic carbocycles. The molecule has 0 amide bonds. The van der Waals surface area contributed by atoms with E-state index in [0.29, 0.717) is 0 Å². The van der Waals surface area contributed by atoms with E-state index in [2.05, 4.69) is 13.0 Å². The average Bonchev–Trinajstić information content (AvgIpc) is 2.62. The zero-order valence-corrected chi connectivity index (χ0v) is 15.0. The Labute approximate surface area is 142 Å². The smallest absolute Gasteiger partial charge is 0.172 e. The lowest BCUT2D eigenvalue weighted by Gasteiger charge is -2.22. The molecule has 3 heteroatoms. The molecular formula is C20H19OPS. The molecular weight excluding hydrogens is 319 g/mol. The van der Waals surface area contributed by atoms with Gasteiger partial charge in [0.2, 0.25) is 0 Å². The molecule has 23 heavy (non-hydrogen) atoms. The number of aryl methyl sites for hydroxylation is 1. The molecule has 0 spiro atoms. The van der Waals surface area contributed by atoms with Crippen LogP contribution in [0.15, 0.2) is 83.8 Å². The largest absolute Gasteiger partial charge is 0.309 e. The lowest BCUT2D eigenvalue weighted by molar-refractivity contribution is 0.592. The van der Waals surface area contributed by atoms with Gasteiger partial charge in [-0.25, -0.2) is 0 Å². The van der Waals surface area contributed by atoms with E-state index in [1.807, 2.05) is 79.1 Å². The van der Waals surface area contributed by atoms with Crippen LogP contribution in [0.3, 0.4) is 0 Å². The van der Waals surface area contributed by atoms with E-state index in [0.717, 1.165) is 20.8 Å². The Balaban J connectivity index is 2.32. The Hall–Kier alpha value is -1.76. The maximum absolute atomic E-state index is 14.3. The van der Waals surface area contributed by atoms with Gasteiger partial charge in [-0.1, -0.05) is 66.7 Å². The first-order chi connectivity index (χ1) is 11.2. The molecule has 116 valence electrons. The summed E-state index contributed by atoms with van der Waals surface area (Å²) in [7, 11) is -2.87. The fourth-order valence-electron chi connectivity index (χ4n) is 2.75. The van der Waals surface area contributed by atoms with Gasteiger partial charge in [-0.05, 0) is 30.9 Å². The first-order valence-corrected chi connectivity index (χ1v) is 10.5. The van der Waals surface area contributed by atoms with Crippen LogP contribution in [-0.4, -0.2) is 6.26 Å². The standard InChI is InChI=1S/C20H19OPS/c1-16-13-14-19(20(15-16)23-2)22(21,17-9-5-3-6-10-17)18-11-7-4-8-12-18/h3-15H,1-2H3. The van der Waals surface area contributed by atoms with E-state index < -0.39 is 7.14 Å². The molecule has 0 radical (unpaired) electrons. The van der Waals surface area contributed by atoms with E-state index in [-0.39, 0.29) is 0 Å². The highest BCUT2D eigenvalue weighted by atomic mass is 32.2. The van der Waals surface area contributed by atoms with Crippen LogP contribution < -0.4 is 15.9 Å². The van der Waals surface area contributed by atoms with Crippen molar-refractivity contribution >= 4 is 34.8 Å². The van der Waals surface area contributed by atoms with Crippen molar-refractivity contribution in [3.63, 3.8) is 0 Å². The van der Waals surface area contributed by atoms with Crippen LogP contribution >= 0.6 is 18.9 Å². The molecule has 0 unspecified atom stereocenters. The molecule has 0 aromatic heterocycles. The van der Waals surface area contributed by atoms with E-state index in [1.165, 1.54) is 5.56 Å². The van der Waals surface area contributed by atoms with Gasteiger partial charge in [0.15, 0.2) is 7.14 Å². The van der Waals surface area contributed by atoms with Gasteiger partial charge >= 0.3 is 0 Å². The van der Waals surface area contributed by atoms with Crippen molar-refractivity contribution in [3.05, 3.63) is 84.4 Å². The Morgan fingerprint density at radius 2 is 1.30 bits per heavy atom. The predicted octanol–water partition coefficient (Wildman–Crippen LogP) is 4.36. The quantitative estimate of drug-likeness (QED) is 0.519. The average molecular weight is 338 g/mol. The number of thioether (sulfide) groups is 1. The normalized spacial score (nSPS) is 11.4. The van der Waals surface area contributed by atoms with Gasteiger partial charge in [-0.3, -0.25) is 0 Å². The molecule has 1 nitrogen and oxygen atoms in total. The Kier molecular flexibility index (Phi) is 4.75. The third-order valence-electron chi connectivity index (χ3n) is 3.91. The summed E-state index contributed by atoms with van der Waals surface area (Å²) in [5, 5.41) is 2.68. The zero-order valence-electron chi connectivity index (χ0n) is 13.3. The van der Waals surface area contributed by atoms with Gasteiger partial charge in [0, 0.05) is 20.8 Å². The second-order valence-electron chi connectivity index (χ2n) is 5.46. The highest BCUT2D eigenvalue weighted by Gasteiger charge is 2.31. The molecule has 0 aliphatic heterocycles. The molecule has 0 aliphatic rings. The minimum Gasteiger partial charge on any atom is -0.309 e. The van der Waals surface area contributed by atoms with Crippen molar-refractivity contribution in [1.29, 1.82) is 0 Å². The van der Waals surface area contributed by atoms with Crippen molar-refractivity contribution in [2.45, 2.75) is 11.8 Å². The van der Waals surface area contributed by atoms with Crippen LogP contribution in [-0.2, 0) is 4.57 Å². The SMILES string of the molecule is CSc1cc(C)ccc1P(=O)(c1ccccc1)c1ccccc1.